The third kappa shape index (κ3) is 1.59. The van der Waals surface area contributed by atoms with Gasteiger partial charge in [0.05, 0.1) is 7.11 Å². The summed E-state index contributed by atoms with van der Waals surface area (Å²) in [5.41, 5.74) is 3.95. The molecule has 0 saturated carbocycles. The van der Waals surface area contributed by atoms with Gasteiger partial charge in [0.25, 0.3) is 0 Å². The number of nitrogens with zero attached hydrogens (tertiary/aromatic N) is 1. The van der Waals surface area contributed by atoms with E-state index in [-0.39, 0.29) is 5.97 Å². The first kappa shape index (κ1) is 13.6. The van der Waals surface area contributed by atoms with E-state index in [1.807, 2.05) is 18.4 Å². The zero-order valence-electron chi connectivity index (χ0n) is 12.4. The summed E-state index contributed by atoms with van der Waals surface area (Å²) < 4.78 is 5.20. The van der Waals surface area contributed by atoms with Gasteiger partial charge in [-0.3, -0.25) is 0 Å². The van der Waals surface area contributed by atoms with Crippen LogP contribution in [0.5, 0.6) is 0 Å². The molecule has 3 aliphatic heterocycles. The lowest BCUT2D eigenvalue weighted by Crippen LogP contribution is -2.50. The number of hydrogen-bond acceptors (Lipinski definition) is 3. The Kier molecular flexibility index (Phi) is 3.13. The molecule has 3 rings (SSSR count). The lowest BCUT2D eigenvalue weighted by atomic mass is 10.00. The van der Waals surface area contributed by atoms with E-state index in [0.717, 1.165) is 12.6 Å². The SMILES string of the molecule is COC(=O)[C@@]12CC(C)=C(C)CP1C(C)=C1C=CC=CN12. The van der Waals surface area contributed by atoms with Gasteiger partial charge >= 0.3 is 5.97 Å². The summed E-state index contributed by atoms with van der Waals surface area (Å²) in [4.78, 5) is 14.8. The Morgan fingerprint density at radius 3 is 2.75 bits per heavy atom. The Morgan fingerprint density at radius 2 is 2.05 bits per heavy atom. The van der Waals surface area contributed by atoms with Gasteiger partial charge in [-0.05, 0) is 52.3 Å². The molecule has 4 heteroatoms. The highest BCUT2D eigenvalue weighted by Crippen LogP contribution is 2.70. The third-order valence-electron chi connectivity index (χ3n) is 4.63. The topological polar surface area (TPSA) is 29.5 Å². The van der Waals surface area contributed by atoms with E-state index in [0.29, 0.717) is 0 Å². The minimum absolute atomic E-state index is 0.0928. The van der Waals surface area contributed by atoms with Crippen LogP contribution in [-0.2, 0) is 9.53 Å². The van der Waals surface area contributed by atoms with Gasteiger partial charge in [-0.1, -0.05) is 17.2 Å². The lowest BCUT2D eigenvalue weighted by Gasteiger charge is -2.44. The van der Waals surface area contributed by atoms with Crippen LogP contribution in [0, 0.1) is 0 Å². The molecule has 0 bridgehead atoms. The molecule has 106 valence electrons. The average molecular weight is 289 g/mol. The maximum atomic E-state index is 12.7. The van der Waals surface area contributed by atoms with Crippen LogP contribution >= 0.6 is 7.92 Å². The number of carbonyl (C=O) groups is 1. The second-order valence-electron chi connectivity index (χ2n) is 5.67. The standard InChI is InChI=1S/C16H20NO2P/c1-11-9-16(15(18)19-4)17-8-6-5-7-14(17)13(3)20(16)10-12(11)2/h5-8H,9-10H2,1-4H3/t16-,20?/m1/s1. The van der Waals surface area contributed by atoms with Crippen molar-refractivity contribution in [3.8, 4) is 0 Å². The molecule has 0 amide bonds. The zero-order chi connectivity index (χ0) is 14.5. The summed E-state index contributed by atoms with van der Waals surface area (Å²) in [6.07, 6.45) is 9.97. The third-order valence-corrected chi connectivity index (χ3v) is 7.91. The molecule has 2 atom stereocenters. The predicted molar refractivity (Wildman–Crippen MR) is 82.3 cm³/mol. The van der Waals surface area contributed by atoms with Gasteiger partial charge in [-0.15, -0.1) is 0 Å². The average Bonchev–Trinajstić information content (AvgIpc) is 2.70. The summed E-state index contributed by atoms with van der Waals surface area (Å²) in [6, 6.07) is 0. The lowest BCUT2D eigenvalue weighted by molar-refractivity contribution is -0.147. The van der Waals surface area contributed by atoms with E-state index in [1.165, 1.54) is 29.3 Å². The summed E-state index contributed by atoms with van der Waals surface area (Å²) in [7, 11) is 0.946. The van der Waals surface area contributed by atoms with Gasteiger partial charge in [0.15, 0.2) is 5.28 Å². The maximum Gasteiger partial charge on any atom is 0.337 e. The molecule has 0 aromatic carbocycles. The van der Waals surface area contributed by atoms with E-state index in [4.69, 9.17) is 4.74 Å². The van der Waals surface area contributed by atoms with Crippen LogP contribution in [0.1, 0.15) is 27.2 Å². The Morgan fingerprint density at radius 1 is 1.30 bits per heavy atom. The van der Waals surface area contributed by atoms with E-state index in [2.05, 4.69) is 31.7 Å². The van der Waals surface area contributed by atoms with Crippen molar-refractivity contribution in [1.82, 2.24) is 4.90 Å². The van der Waals surface area contributed by atoms with Gasteiger partial charge < -0.3 is 9.64 Å². The molecule has 3 heterocycles. The maximum absolute atomic E-state index is 12.7. The molecular weight excluding hydrogens is 269 g/mol. The minimum atomic E-state index is -0.556. The first-order valence-electron chi connectivity index (χ1n) is 6.88. The Balaban J connectivity index is 2.18. The number of ether oxygens (including phenoxy) is 1. The van der Waals surface area contributed by atoms with Crippen molar-refractivity contribution in [2.24, 2.45) is 0 Å². The number of allylic oxidation sites excluding steroid dienone is 5. The Hall–Kier alpha value is -1.34. The van der Waals surface area contributed by atoms with Crippen molar-refractivity contribution in [3.63, 3.8) is 0 Å². The molecule has 0 aromatic rings. The van der Waals surface area contributed by atoms with E-state index in [9.17, 15) is 4.79 Å². The largest absolute Gasteiger partial charge is 0.467 e. The zero-order valence-corrected chi connectivity index (χ0v) is 13.3. The fourth-order valence-corrected chi connectivity index (χ4v) is 6.80. The second kappa shape index (κ2) is 4.60. The summed E-state index contributed by atoms with van der Waals surface area (Å²) >= 11 is 0. The molecule has 0 aromatic heterocycles. The molecule has 0 aliphatic carbocycles. The monoisotopic (exact) mass is 289 g/mol. The molecule has 0 N–H and O–H groups in total. The molecule has 1 unspecified atom stereocenters. The number of rotatable bonds is 1. The predicted octanol–water partition coefficient (Wildman–Crippen LogP) is 3.71. The van der Waals surface area contributed by atoms with Crippen LogP contribution in [0.4, 0.5) is 0 Å². The molecule has 0 radical (unpaired) electrons. The van der Waals surface area contributed by atoms with Gasteiger partial charge in [0, 0.05) is 18.3 Å². The van der Waals surface area contributed by atoms with Crippen LogP contribution in [0.15, 0.2) is 46.6 Å². The number of fused-ring (bicyclic) bond motifs is 3. The van der Waals surface area contributed by atoms with Crippen LogP contribution < -0.4 is 0 Å². The minimum Gasteiger partial charge on any atom is -0.467 e. The van der Waals surface area contributed by atoms with Crippen LogP contribution in [0.2, 0.25) is 0 Å². The van der Waals surface area contributed by atoms with Gasteiger partial charge in [0.2, 0.25) is 0 Å². The van der Waals surface area contributed by atoms with Crippen molar-refractivity contribution in [3.05, 3.63) is 46.6 Å². The smallest absolute Gasteiger partial charge is 0.337 e. The molecule has 0 spiro atoms. The Labute approximate surface area is 121 Å². The number of hydrogen-bond donors (Lipinski definition) is 0. The highest BCUT2D eigenvalue weighted by atomic mass is 31.1. The first-order chi connectivity index (χ1) is 9.52. The Bertz CT molecular complexity index is 600. The molecule has 0 saturated heterocycles. The van der Waals surface area contributed by atoms with E-state index in [1.54, 1.807) is 0 Å². The summed E-state index contributed by atoms with van der Waals surface area (Å²) in [5, 5.41) is 0.840. The molecule has 20 heavy (non-hydrogen) atoms. The van der Waals surface area contributed by atoms with Crippen LogP contribution in [-0.4, -0.2) is 29.4 Å². The molecular formula is C16H20NO2P. The second-order valence-corrected chi connectivity index (χ2v) is 8.26. The molecule has 0 fully saturated rings. The normalized spacial score (nSPS) is 31.6. The van der Waals surface area contributed by atoms with Crippen molar-refractivity contribution in [2.45, 2.75) is 32.5 Å². The molecule has 3 nitrogen and oxygen atoms in total. The molecule has 3 aliphatic rings. The van der Waals surface area contributed by atoms with Gasteiger partial charge in [-0.25, -0.2) is 4.79 Å². The van der Waals surface area contributed by atoms with E-state index < -0.39 is 13.2 Å². The van der Waals surface area contributed by atoms with Gasteiger partial charge in [0.1, 0.15) is 0 Å². The van der Waals surface area contributed by atoms with Crippen molar-refractivity contribution < 1.29 is 9.53 Å². The number of carbonyl (C=O) groups excluding carboxylic acids is 1. The highest BCUT2D eigenvalue weighted by Gasteiger charge is 2.58. The van der Waals surface area contributed by atoms with Crippen molar-refractivity contribution in [2.75, 3.05) is 13.3 Å². The van der Waals surface area contributed by atoms with E-state index >= 15 is 0 Å². The van der Waals surface area contributed by atoms with Crippen molar-refractivity contribution in [1.29, 1.82) is 0 Å². The fourth-order valence-electron chi connectivity index (χ4n) is 3.37. The van der Waals surface area contributed by atoms with Crippen LogP contribution in [0.3, 0.4) is 0 Å². The first-order valence-corrected chi connectivity index (χ1v) is 8.41. The highest BCUT2D eigenvalue weighted by molar-refractivity contribution is 7.65. The summed E-state index contributed by atoms with van der Waals surface area (Å²) in [6.45, 7) is 6.51. The fraction of sp³-hybridized carbons (Fsp3) is 0.438. The van der Waals surface area contributed by atoms with Crippen molar-refractivity contribution >= 4 is 13.9 Å². The number of methoxy groups -OCH3 is 1. The summed E-state index contributed by atoms with van der Waals surface area (Å²) in [5.74, 6) is -0.0928. The van der Waals surface area contributed by atoms with Gasteiger partial charge in [-0.2, -0.15) is 0 Å². The van der Waals surface area contributed by atoms with Crippen LogP contribution in [0.25, 0.3) is 0 Å². The quantitative estimate of drug-likeness (QED) is 0.419. The number of esters is 1.